The number of carbonyl (C=O) groups excluding carboxylic acids is 2. The van der Waals surface area contributed by atoms with Crippen LogP contribution in [0.1, 0.15) is 36.6 Å². The van der Waals surface area contributed by atoms with Gasteiger partial charge in [-0.1, -0.05) is 13.8 Å². The van der Waals surface area contributed by atoms with Gasteiger partial charge in [0.05, 0.1) is 46.2 Å². The van der Waals surface area contributed by atoms with Gasteiger partial charge in [-0.05, 0) is 54.3 Å². The highest BCUT2D eigenvalue weighted by atomic mass is 16.5. The molecule has 37 heavy (non-hydrogen) atoms. The first-order chi connectivity index (χ1) is 17.7. The van der Waals surface area contributed by atoms with Crippen molar-refractivity contribution in [1.82, 2.24) is 4.90 Å². The molecule has 1 N–H and O–H groups in total. The number of hydrogen-bond acceptors (Lipinski definition) is 8. The summed E-state index contributed by atoms with van der Waals surface area (Å²) in [5.41, 5.74) is 1.67. The minimum Gasteiger partial charge on any atom is -0.507 e. The normalized spacial score (nSPS) is 16.9. The number of ether oxygens (including phenoxy) is 5. The fourth-order valence-corrected chi connectivity index (χ4v) is 4.28. The van der Waals surface area contributed by atoms with Crippen molar-refractivity contribution in [2.75, 3.05) is 48.2 Å². The molecule has 2 aromatic rings. The summed E-state index contributed by atoms with van der Waals surface area (Å²) in [6.07, 6.45) is 0. The molecule has 1 saturated heterocycles. The van der Waals surface area contributed by atoms with Crippen LogP contribution in [0.4, 0.5) is 0 Å². The summed E-state index contributed by atoms with van der Waals surface area (Å²) in [7, 11) is 5.96. The van der Waals surface area contributed by atoms with Crippen LogP contribution in [-0.2, 0) is 14.3 Å². The first-order valence-electron chi connectivity index (χ1n) is 12.0. The highest BCUT2D eigenvalue weighted by Gasteiger charge is 2.46. The Bertz CT molecular complexity index is 1160. The fourth-order valence-electron chi connectivity index (χ4n) is 4.28. The van der Waals surface area contributed by atoms with Gasteiger partial charge in [0.1, 0.15) is 11.5 Å². The lowest BCUT2D eigenvalue weighted by Crippen LogP contribution is -2.32. The van der Waals surface area contributed by atoms with Crippen molar-refractivity contribution in [1.29, 1.82) is 0 Å². The molecule has 0 aromatic heterocycles. The zero-order valence-electron chi connectivity index (χ0n) is 22.4. The van der Waals surface area contributed by atoms with E-state index in [0.29, 0.717) is 46.6 Å². The number of aliphatic hydroxyl groups excluding tert-OH is 1. The van der Waals surface area contributed by atoms with Gasteiger partial charge >= 0.3 is 0 Å². The van der Waals surface area contributed by atoms with Crippen LogP contribution in [0.5, 0.6) is 23.0 Å². The van der Waals surface area contributed by atoms with Gasteiger partial charge in [-0.15, -0.1) is 0 Å². The van der Waals surface area contributed by atoms with Gasteiger partial charge < -0.3 is 33.7 Å². The monoisotopic (exact) mass is 513 g/mol. The van der Waals surface area contributed by atoms with Crippen LogP contribution in [-0.4, -0.2) is 69.9 Å². The number of ketones is 1. The van der Waals surface area contributed by atoms with E-state index in [9.17, 15) is 14.7 Å². The highest BCUT2D eigenvalue weighted by Crippen LogP contribution is 2.45. The van der Waals surface area contributed by atoms with E-state index in [0.717, 1.165) is 5.56 Å². The van der Waals surface area contributed by atoms with E-state index in [-0.39, 0.29) is 24.5 Å². The van der Waals surface area contributed by atoms with Crippen LogP contribution in [0.25, 0.3) is 5.76 Å². The smallest absolute Gasteiger partial charge is 0.295 e. The third-order valence-electron chi connectivity index (χ3n) is 6.10. The van der Waals surface area contributed by atoms with Crippen molar-refractivity contribution in [3.8, 4) is 23.0 Å². The topological polar surface area (TPSA) is 104 Å². The maximum atomic E-state index is 13.3. The lowest BCUT2D eigenvalue weighted by Gasteiger charge is -2.26. The zero-order valence-corrected chi connectivity index (χ0v) is 22.4. The number of amides is 1. The molecule has 1 heterocycles. The van der Waals surface area contributed by atoms with E-state index < -0.39 is 17.7 Å². The Balaban J connectivity index is 2.18. The molecule has 9 heteroatoms. The summed E-state index contributed by atoms with van der Waals surface area (Å²) in [4.78, 5) is 27.8. The molecule has 9 nitrogen and oxygen atoms in total. The van der Waals surface area contributed by atoms with Crippen molar-refractivity contribution in [3.63, 3.8) is 0 Å². The van der Waals surface area contributed by atoms with Crippen LogP contribution >= 0.6 is 0 Å². The third kappa shape index (κ3) is 5.67. The summed E-state index contributed by atoms with van der Waals surface area (Å²) in [6.45, 7) is 6.87. The minimum absolute atomic E-state index is 0.0365. The first-order valence-corrected chi connectivity index (χ1v) is 12.0. The second-order valence-corrected chi connectivity index (χ2v) is 9.13. The van der Waals surface area contributed by atoms with Crippen LogP contribution < -0.4 is 18.9 Å². The molecule has 1 aliphatic rings. The Kier molecular flexibility index (Phi) is 9.04. The Labute approximate surface area is 217 Å². The molecule has 1 amide bonds. The van der Waals surface area contributed by atoms with E-state index in [2.05, 4.69) is 13.8 Å². The fraction of sp³-hybridized carbons (Fsp3) is 0.429. The van der Waals surface area contributed by atoms with Gasteiger partial charge in [-0.2, -0.15) is 0 Å². The minimum atomic E-state index is -0.902. The zero-order chi connectivity index (χ0) is 27.3. The van der Waals surface area contributed by atoms with Gasteiger partial charge in [-0.25, -0.2) is 0 Å². The average Bonchev–Trinajstić information content (AvgIpc) is 3.14. The standard InChI is InChI=1S/C28H35NO8/c1-16(2)15-37-20-9-8-18(12-17(20)3)25(30)23-24(29(10-11-33-4)28(32)26(23)31)19-13-21(34-5)27(36-7)22(14-19)35-6/h8-9,12-14,16,24,30H,10-11,15H2,1-7H3/t24-/m0/s1. The Morgan fingerprint density at radius 3 is 2.14 bits per heavy atom. The summed E-state index contributed by atoms with van der Waals surface area (Å²) in [5, 5.41) is 11.4. The number of nitrogens with zero attached hydrogens (tertiary/aromatic N) is 1. The number of aliphatic hydroxyl groups is 1. The second kappa shape index (κ2) is 12.0. The number of likely N-dealkylation sites (tertiary alicyclic amines) is 1. The van der Waals surface area contributed by atoms with Crippen molar-refractivity contribution in [2.45, 2.75) is 26.8 Å². The van der Waals surface area contributed by atoms with Gasteiger partial charge in [-0.3, -0.25) is 9.59 Å². The lowest BCUT2D eigenvalue weighted by molar-refractivity contribution is -0.140. The van der Waals surface area contributed by atoms with Crippen molar-refractivity contribution in [2.24, 2.45) is 5.92 Å². The van der Waals surface area contributed by atoms with Crippen LogP contribution in [0, 0.1) is 12.8 Å². The quantitative estimate of drug-likeness (QED) is 0.272. The molecule has 0 unspecified atom stereocenters. The number of carbonyl (C=O) groups is 2. The molecule has 200 valence electrons. The molecule has 2 aromatic carbocycles. The molecule has 0 spiro atoms. The number of hydrogen-bond donors (Lipinski definition) is 1. The Hall–Kier alpha value is -3.72. The van der Waals surface area contributed by atoms with E-state index in [1.807, 2.05) is 6.92 Å². The number of rotatable bonds is 11. The maximum Gasteiger partial charge on any atom is 0.295 e. The average molecular weight is 514 g/mol. The van der Waals surface area contributed by atoms with Gasteiger partial charge in [0, 0.05) is 19.2 Å². The van der Waals surface area contributed by atoms with E-state index in [1.165, 1.54) is 33.3 Å². The number of methoxy groups -OCH3 is 4. The van der Waals surface area contributed by atoms with E-state index in [4.69, 9.17) is 23.7 Å². The van der Waals surface area contributed by atoms with E-state index >= 15 is 0 Å². The third-order valence-corrected chi connectivity index (χ3v) is 6.10. The molecule has 3 rings (SSSR count). The van der Waals surface area contributed by atoms with Crippen molar-refractivity contribution < 1.29 is 38.4 Å². The molecular weight excluding hydrogens is 478 g/mol. The summed E-state index contributed by atoms with van der Waals surface area (Å²) in [6, 6.07) is 7.59. The molecule has 0 aliphatic carbocycles. The molecule has 1 atom stereocenters. The molecule has 0 bridgehead atoms. The predicted molar refractivity (Wildman–Crippen MR) is 138 cm³/mol. The van der Waals surface area contributed by atoms with Gasteiger partial charge in [0.25, 0.3) is 11.7 Å². The summed E-state index contributed by atoms with van der Waals surface area (Å²) >= 11 is 0. The summed E-state index contributed by atoms with van der Waals surface area (Å²) < 4.78 is 27.4. The lowest BCUT2D eigenvalue weighted by atomic mass is 9.94. The summed E-state index contributed by atoms with van der Waals surface area (Å²) in [5.74, 6) is 0.330. The van der Waals surface area contributed by atoms with Crippen LogP contribution in [0.2, 0.25) is 0 Å². The van der Waals surface area contributed by atoms with Gasteiger partial charge in [0.2, 0.25) is 5.75 Å². The number of aryl methyl sites for hydroxylation is 1. The first kappa shape index (κ1) is 27.9. The Morgan fingerprint density at radius 1 is 0.973 bits per heavy atom. The number of Topliss-reactive ketones (excluding diaryl/α,β-unsaturated/α-hetero) is 1. The second-order valence-electron chi connectivity index (χ2n) is 9.13. The van der Waals surface area contributed by atoms with Gasteiger partial charge in [0.15, 0.2) is 11.5 Å². The largest absolute Gasteiger partial charge is 0.507 e. The molecule has 0 radical (unpaired) electrons. The highest BCUT2D eigenvalue weighted by molar-refractivity contribution is 6.46. The predicted octanol–water partition coefficient (Wildman–Crippen LogP) is 4.12. The SMILES string of the molecule is COCCN1C(=O)C(=O)C(=C(O)c2ccc(OCC(C)C)c(C)c2)[C@@H]1c1cc(OC)c(OC)c(OC)c1. The maximum absolute atomic E-state index is 13.3. The van der Waals surface area contributed by atoms with Crippen LogP contribution in [0.15, 0.2) is 35.9 Å². The van der Waals surface area contributed by atoms with Crippen molar-refractivity contribution in [3.05, 3.63) is 52.6 Å². The van der Waals surface area contributed by atoms with Crippen molar-refractivity contribution >= 4 is 17.4 Å². The Morgan fingerprint density at radius 2 is 1.62 bits per heavy atom. The number of benzene rings is 2. The molecule has 1 aliphatic heterocycles. The van der Waals surface area contributed by atoms with E-state index in [1.54, 1.807) is 30.3 Å². The molecular formula is C28H35NO8. The molecule has 1 fully saturated rings. The van der Waals surface area contributed by atoms with Crippen LogP contribution in [0.3, 0.4) is 0 Å². The molecule has 0 saturated carbocycles.